The number of rotatable bonds is 8. The Labute approximate surface area is 208 Å². The number of halogens is 1. The van der Waals surface area contributed by atoms with E-state index in [1.54, 1.807) is 49.5 Å². The maximum atomic E-state index is 12.8. The number of hydrogen-bond acceptors (Lipinski definition) is 7. The fourth-order valence-corrected chi connectivity index (χ4v) is 3.74. The first kappa shape index (κ1) is 24.7. The summed E-state index contributed by atoms with van der Waals surface area (Å²) in [5, 5.41) is 10.7. The van der Waals surface area contributed by atoms with E-state index in [1.807, 2.05) is 6.92 Å². The van der Waals surface area contributed by atoms with Crippen molar-refractivity contribution in [3.8, 4) is 11.5 Å². The van der Waals surface area contributed by atoms with Crippen molar-refractivity contribution in [2.45, 2.75) is 6.92 Å². The van der Waals surface area contributed by atoms with Gasteiger partial charge in [-0.3, -0.25) is 14.5 Å². The molecule has 10 heteroatoms. The smallest absolute Gasteiger partial charge is 0.294 e. The van der Waals surface area contributed by atoms with Crippen LogP contribution in [0.4, 0.5) is 11.4 Å². The summed E-state index contributed by atoms with van der Waals surface area (Å²) < 4.78 is 12.5. The van der Waals surface area contributed by atoms with E-state index < -0.39 is 0 Å². The molecule has 0 bridgehead atoms. The summed E-state index contributed by atoms with van der Waals surface area (Å²) >= 11 is 6.10. The van der Waals surface area contributed by atoms with Gasteiger partial charge >= 0.3 is 0 Å². The van der Waals surface area contributed by atoms with Gasteiger partial charge < -0.3 is 20.1 Å². The van der Waals surface area contributed by atoms with Gasteiger partial charge in [0.15, 0.2) is 11.4 Å². The van der Waals surface area contributed by atoms with E-state index in [9.17, 15) is 9.59 Å². The third kappa shape index (κ3) is 6.39. The number of nitrogens with one attached hydrogen (secondary N) is 2. The van der Waals surface area contributed by atoms with Crippen LogP contribution in [0.3, 0.4) is 0 Å². The fourth-order valence-electron chi connectivity index (χ4n) is 3.63. The first-order chi connectivity index (χ1) is 16.9. The van der Waals surface area contributed by atoms with Gasteiger partial charge in [-0.05, 0) is 55.0 Å². The molecule has 4 rings (SSSR count). The van der Waals surface area contributed by atoms with Crippen molar-refractivity contribution >= 4 is 28.9 Å². The summed E-state index contributed by atoms with van der Waals surface area (Å²) in [7, 11) is 1.56. The number of carbonyl (C=O) groups is 1. The molecule has 2 heterocycles. The van der Waals surface area contributed by atoms with E-state index in [0.717, 1.165) is 38.4 Å². The van der Waals surface area contributed by atoms with Crippen LogP contribution in [0.1, 0.15) is 15.9 Å². The van der Waals surface area contributed by atoms with Crippen LogP contribution in [0.2, 0.25) is 5.02 Å². The number of nitrogens with zero attached hydrogens (tertiary/aromatic N) is 3. The molecule has 0 spiro atoms. The van der Waals surface area contributed by atoms with Crippen LogP contribution in [-0.4, -0.2) is 60.0 Å². The molecule has 9 nitrogen and oxygen atoms in total. The van der Waals surface area contributed by atoms with Crippen LogP contribution < -0.4 is 20.9 Å². The number of ether oxygens (including phenoxy) is 2. The number of carbonyl (C=O) groups excluding carboxylic acids is 1. The Bertz CT molecular complexity index is 1240. The lowest BCUT2D eigenvalue weighted by Crippen LogP contribution is -2.41. The van der Waals surface area contributed by atoms with Gasteiger partial charge in [-0.15, -0.1) is 0 Å². The summed E-state index contributed by atoms with van der Waals surface area (Å²) in [6.45, 7) is 6.45. The Morgan fingerprint density at radius 3 is 2.63 bits per heavy atom. The molecule has 0 atom stereocenters. The molecular formula is C25H28ClN5O4. The average Bonchev–Trinajstić information content (AvgIpc) is 2.87. The third-order valence-corrected chi connectivity index (χ3v) is 6.12. The Morgan fingerprint density at radius 1 is 1.17 bits per heavy atom. The lowest BCUT2D eigenvalue weighted by Gasteiger charge is -2.26. The van der Waals surface area contributed by atoms with Crippen LogP contribution >= 0.6 is 11.6 Å². The number of aromatic nitrogens is 2. The number of amides is 1. The van der Waals surface area contributed by atoms with E-state index in [2.05, 4.69) is 20.6 Å². The molecule has 1 saturated heterocycles. The topological polar surface area (TPSA) is 97.7 Å². The van der Waals surface area contributed by atoms with Crippen molar-refractivity contribution in [1.29, 1.82) is 0 Å². The predicted molar refractivity (Wildman–Crippen MR) is 135 cm³/mol. The zero-order chi connectivity index (χ0) is 24.8. The standard InChI is InChI=1S/C25H28ClN5O4/c1-17-15-20(7-8-21(17)26)35-22-16-28-30(2)25(33)23(22)29-19-5-3-18(4-6-19)24(32)27-9-10-31-11-13-34-14-12-31/h3-8,15-16,29H,9-14H2,1-2H3,(H,27,32). The van der Waals surface area contributed by atoms with Gasteiger partial charge in [-0.2, -0.15) is 5.10 Å². The summed E-state index contributed by atoms with van der Waals surface area (Å²) in [4.78, 5) is 27.5. The second kappa shape index (κ2) is 11.4. The van der Waals surface area contributed by atoms with Gasteiger partial charge in [0.25, 0.3) is 11.5 Å². The summed E-state index contributed by atoms with van der Waals surface area (Å²) in [6, 6.07) is 12.2. The minimum absolute atomic E-state index is 0.147. The first-order valence-corrected chi connectivity index (χ1v) is 11.7. The minimum Gasteiger partial charge on any atom is -0.453 e. The molecule has 1 aromatic heterocycles. The highest BCUT2D eigenvalue weighted by atomic mass is 35.5. The Hall–Kier alpha value is -3.40. The van der Waals surface area contributed by atoms with Crippen LogP contribution in [0.25, 0.3) is 0 Å². The number of aryl methyl sites for hydroxylation is 2. The van der Waals surface area contributed by atoms with Crippen molar-refractivity contribution in [2.24, 2.45) is 7.05 Å². The van der Waals surface area contributed by atoms with Crippen molar-refractivity contribution < 1.29 is 14.3 Å². The molecule has 0 saturated carbocycles. The molecule has 1 aliphatic rings. The summed E-state index contributed by atoms with van der Waals surface area (Å²) in [6.07, 6.45) is 1.48. The molecule has 2 aromatic carbocycles. The second-order valence-corrected chi connectivity index (χ2v) is 8.65. The van der Waals surface area contributed by atoms with E-state index in [0.29, 0.717) is 28.6 Å². The number of anilines is 2. The number of hydrogen-bond donors (Lipinski definition) is 2. The lowest BCUT2D eigenvalue weighted by molar-refractivity contribution is 0.0383. The van der Waals surface area contributed by atoms with E-state index in [-0.39, 0.29) is 22.9 Å². The van der Waals surface area contributed by atoms with Crippen LogP contribution in [0, 0.1) is 6.92 Å². The molecule has 35 heavy (non-hydrogen) atoms. The highest BCUT2D eigenvalue weighted by molar-refractivity contribution is 6.31. The van der Waals surface area contributed by atoms with Gasteiger partial charge in [-0.1, -0.05) is 11.6 Å². The van der Waals surface area contributed by atoms with Gasteiger partial charge in [0.2, 0.25) is 0 Å². The van der Waals surface area contributed by atoms with Crippen LogP contribution in [0.15, 0.2) is 53.5 Å². The quantitative estimate of drug-likeness (QED) is 0.492. The zero-order valence-corrected chi connectivity index (χ0v) is 20.5. The number of morpholine rings is 1. The molecule has 3 aromatic rings. The largest absolute Gasteiger partial charge is 0.453 e. The molecular weight excluding hydrogens is 470 g/mol. The SMILES string of the molecule is Cc1cc(Oc2cnn(C)c(=O)c2Nc2ccc(C(=O)NCCN3CCOCC3)cc2)ccc1Cl. The molecule has 0 aliphatic carbocycles. The second-order valence-electron chi connectivity index (χ2n) is 8.24. The molecule has 0 radical (unpaired) electrons. The van der Waals surface area contributed by atoms with Crippen molar-refractivity contribution in [2.75, 3.05) is 44.7 Å². The van der Waals surface area contributed by atoms with Crippen molar-refractivity contribution in [1.82, 2.24) is 20.0 Å². The normalized spacial score (nSPS) is 13.9. The molecule has 0 unspecified atom stereocenters. The monoisotopic (exact) mass is 497 g/mol. The lowest BCUT2D eigenvalue weighted by atomic mass is 10.2. The summed E-state index contributed by atoms with van der Waals surface area (Å²) in [5.41, 5.74) is 1.91. The van der Waals surface area contributed by atoms with Crippen molar-refractivity contribution in [3.05, 3.63) is 75.2 Å². The highest BCUT2D eigenvalue weighted by Crippen LogP contribution is 2.30. The Morgan fingerprint density at radius 2 is 1.91 bits per heavy atom. The van der Waals surface area contributed by atoms with Gasteiger partial charge in [0.1, 0.15) is 5.75 Å². The highest BCUT2D eigenvalue weighted by Gasteiger charge is 2.15. The van der Waals surface area contributed by atoms with E-state index >= 15 is 0 Å². The minimum atomic E-state index is -0.349. The molecule has 1 aliphatic heterocycles. The fraction of sp³-hybridized carbons (Fsp3) is 0.320. The predicted octanol–water partition coefficient (Wildman–Crippen LogP) is 3.34. The van der Waals surface area contributed by atoms with Crippen LogP contribution in [-0.2, 0) is 11.8 Å². The van der Waals surface area contributed by atoms with Crippen molar-refractivity contribution in [3.63, 3.8) is 0 Å². The van der Waals surface area contributed by atoms with Gasteiger partial charge in [0, 0.05) is 49.5 Å². The zero-order valence-electron chi connectivity index (χ0n) is 19.7. The van der Waals surface area contributed by atoms with E-state index in [4.69, 9.17) is 21.1 Å². The maximum Gasteiger partial charge on any atom is 0.294 e. The molecule has 184 valence electrons. The van der Waals surface area contributed by atoms with Crippen LogP contribution in [0.5, 0.6) is 11.5 Å². The summed E-state index contributed by atoms with van der Waals surface area (Å²) in [5.74, 6) is 0.667. The van der Waals surface area contributed by atoms with Gasteiger partial charge in [0.05, 0.1) is 19.4 Å². The Kier molecular flexibility index (Phi) is 8.02. The third-order valence-electron chi connectivity index (χ3n) is 5.69. The number of benzene rings is 2. The molecule has 1 amide bonds. The molecule has 2 N–H and O–H groups in total. The Balaban J connectivity index is 1.43. The first-order valence-electron chi connectivity index (χ1n) is 11.4. The van der Waals surface area contributed by atoms with Gasteiger partial charge in [-0.25, -0.2) is 4.68 Å². The van der Waals surface area contributed by atoms with E-state index in [1.165, 1.54) is 10.9 Å². The maximum absolute atomic E-state index is 12.8. The average molecular weight is 498 g/mol. The molecule has 1 fully saturated rings.